The van der Waals surface area contributed by atoms with Crippen molar-refractivity contribution < 1.29 is 4.79 Å². The Morgan fingerprint density at radius 3 is 2.89 bits per heavy atom. The minimum absolute atomic E-state index is 0.157. The number of nitrogens with one attached hydrogen (secondary N) is 2. The Bertz CT molecular complexity index is 585. The van der Waals surface area contributed by atoms with Gasteiger partial charge in [0.25, 0.3) is 5.91 Å². The predicted molar refractivity (Wildman–Crippen MR) is 76.9 cm³/mol. The maximum atomic E-state index is 12.0. The third-order valence-electron chi connectivity index (χ3n) is 2.93. The second kappa shape index (κ2) is 5.28. The Balaban J connectivity index is 1.75. The van der Waals surface area contributed by atoms with Crippen molar-refractivity contribution in [3.8, 4) is 0 Å². The van der Waals surface area contributed by atoms with Gasteiger partial charge in [-0.25, -0.2) is 4.98 Å². The molecule has 1 aliphatic rings. The maximum absolute atomic E-state index is 12.0. The molecule has 19 heavy (non-hydrogen) atoms. The van der Waals surface area contributed by atoms with E-state index in [4.69, 9.17) is 11.6 Å². The standard InChI is InChI=1S/C13H12ClN3OS/c14-9-3-1-8(2-4-9)12(18)17-13-16-10-5-6-15-7-11(10)19-13/h1-4,15H,5-7H2,(H,16,17,18). The number of carbonyl (C=O) groups is 1. The van der Waals surface area contributed by atoms with E-state index in [1.807, 2.05) is 0 Å². The number of hydrogen-bond donors (Lipinski definition) is 2. The topological polar surface area (TPSA) is 54.0 Å². The molecule has 1 aliphatic heterocycles. The molecule has 98 valence electrons. The summed E-state index contributed by atoms with van der Waals surface area (Å²) in [7, 11) is 0. The lowest BCUT2D eigenvalue weighted by molar-refractivity contribution is 0.102. The van der Waals surface area contributed by atoms with Crippen LogP contribution < -0.4 is 10.6 Å². The first-order chi connectivity index (χ1) is 9.22. The molecule has 0 aliphatic carbocycles. The number of aromatic nitrogens is 1. The predicted octanol–water partition coefficient (Wildman–Crippen LogP) is 2.69. The molecule has 2 N–H and O–H groups in total. The number of fused-ring (bicyclic) bond motifs is 1. The highest BCUT2D eigenvalue weighted by Crippen LogP contribution is 2.25. The molecule has 2 heterocycles. The third-order valence-corrected chi connectivity index (χ3v) is 4.19. The summed E-state index contributed by atoms with van der Waals surface area (Å²) in [6.07, 6.45) is 0.919. The zero-order valence-corrected chi connectivity index (χ0v) is 11.6. The highest BCUT2D eigenvalue weighted by molar-refractivity contribution is 7.15. The first kappa shape index (κ1) is 12.6. The summed E-state index contributed by atoms with van der Waals surface area (Å²) in [6, 6.07) is 6.81. The van der Waals surface area contributed by atoms with Crippen LogP contribution in [0.3, 0.4) is 0 Å². The van der Waals surface area contributed by atoms with Crippen molar-refractivity contribution in [3.05, 3.63) is 45.4 Å². The van der Waals surface area contributed by atoms with Crippen LogP contribution in [0.15, 0.2) is 24.3 Å². The van der Waals surface area contributed by atoms with Gasteiger partial charge in [-0.1, -0.05) is 11.6 Å². The van der Waals surface area contributed by atoms with Gasteiger partial charge < -0.3 is 5.32 Å². The van der Waals surface area contributed by atoms with E-state index in [0.29, 0.717) is 15.7 Å². The molecule has 0 spiro atoms. The van der Waals surface area contributed by atoms with E-state index in [0.717, 1.165) is 25.2 Å². The van der Waals surface area contributed by atoms with Crippen LogP contribution in [0, 0.1) is 0 Å². The van der Waals surface area contributed by atoms with E-state index in [-0.39, 0.29) is 5.91 Å². The molecule has 0 bridgehead atoms. The first-order valence-corrected chi connectivity index (χ1v) is 7.18. The van der Waals surface area contributed by atoms with Crippen molar-refractivity contribution in [2.24, 2.45) is 0 Å². The van der Waals surface area contributed by atoms with Gasteiger partial charge in [0.15, 0.2) is 5.13 Å². The quantitative estimate of drug-likeness (QED) is 0.895. The SMILES string of the molecule is O=C(Nc1nc2c(s1)CNCC2)c1ccc(Cl)cc1. The Morgan fingerprint density at radius 2 is 2.16 bits per heavy atom. The van der Waals surface area contributed by atoms with Gasteiger partial charge in [-0.05, 0) is 24.3 Å². The number of thiazole rings is 1. The van der Waals surface area contributed by atoms with Gasteiger partial charge in [0, 0.05) is 35.0 Å². The molecule has 4 nitrogen and oxygen atoms in total. The second-order valence-electron chi connectivity index (χ2n) is 4.28. The number of rotatable bonds is 2. The van der Waals surface area contributed by atoms with Gasteiger partial charge in [-0.2, -0.15) is 0 Å². The molecular formula is C13H12ClN3OS. The highest BCUT2D eigenvalue weighted by atomic mass is 35.5. The van der Waals surface area contributed by atoms with Crippen LogP contribution in [0.25, 0.3) is 0 Å². The molecule has 0 saturated carbocycles. The van der Waals surface area contributed by atoms with Gasteiger partial charge in [0.2, 0.25) is 0 Å². The molecule has 1 aromatic carbocycles. The molecule has 0 unspecified atom stereocenters. The van der Waals surface area contributed by atoms with E-state index in [9.17, 15) is 4.79 Å². The normalized spacial score (nSPS) is 13.9. The fourth-order valence-electron chi connectivity index (χ4n) is 1.95. The average molecular weight is 294 g/mol. The zero-order chi connectivity index (χ0) is 13.2. The van der Waals surface area contributed by atoms with Crippen LogP contribution in [0.2, 0.25) is 5.02 Å². The molecule has 6 heteroatoms. The van der Waals surface area contributed by atoms with Crippen molar-refractivity contribution in [1.29, 1.82) is 0 Å². The van der Waals surface area contributed by atoms with Crippen molar-refractivity contribution in [2.45, 2.75) is 13.0 Å². The summed E-state index contributed by atoms with van der Waals surface area (Å²) in [6.45, 7) is 1.78. The minimum Gasteiger partial charge on any atom is -0.311 e. The molecule has 1 aromatic heterocycles. The number of benzene rings is 1. The average Bonchev–Trinajstić information content (AvgIpc) is 2.81. The fourth-order valence-corrected chi connectivity index (χ4v) is 3.05. The lowest BCUT2D eigenvalue weighted by Gasteiger charge is -2.09. The monoisotopic (exact) mass is 293 g/mol. The summed E-state index contributed by atoms with van der Waals surface area (Å²) >= 11 is 7.33. The van der Waals surface area contributed by atoms with Gasteiger partial charge in [-0.15, -0.1) is 11.3 Å². The van der Waals surface area contributed by atoms with Gasteiger partial charge in [0.05, 0.1) is 5.69 Å². The van der Waals surface area contributed by atoms with E-state index >= 15 is 0 Å². The number of halogens is 1. The Kier molecular flexibility index (Phi) is 3.50. The fraction of sp³-hybridized carbons (Fsp3) is 0.231. The summed E-state index contributed by atoms with van der Waals surface area (Å²) in [5.41, 5.74) is 1.67. The van der Waals surface area contributed by atoms with E-state index in [2.05, 4.69) is 15.6 Å². The highest BCUT2D eigenvalue weighted by Gasteiger charge is 2.16. The van der Waals surface area contributed by atoms with Crippen LogP contribution in [0.4, 0.5) is 5.13 Å². The third kappa shape index (κ3) is 2.78. The van der Waals surface area contributed by atoms with Crippen molar-refractivity contribution in [3.63, 3.8) is 0 Å². The summed E-state index contributed by atoms with van der Waals surface area (Å²) < 4.78 is 0. The lowest BCUT2D eigenvalue weighted by Crippen LogP contribution is -2.22. The van der Waals surface area contributed by atoms with E-state index in [1.165, 1.54) is 16.2 Å². The van der Waals surface area contributed by atoms with Crippen LogP contribution in [-0.4, -0.2) is 17.4 Å². The van der Waals surface area contributed by atoms with Crippen molar-refractivity contribution >= 4 is 34.0 Å². The van der Waals surface area contributed by atoms with Crippen molar-refractivity contribution in [2.75, 3.05) is 11.9 Å². The van der Waals surface area contributed by atoms with Crippen molar-refractivity contribution in [1.82, 2.24) is 10.3 Å². The Labute approximate surface area is 119 Å². The molecule has 0 fully saturated rings. The maximum Gasteiger partial charge on any atom is 0.257 e. The van der Waals surface area contributed by atoms with Crippen LogP contribution in [0.5, 0.6) is 0 Å². The minimum atomic E-state index is -0.157. The molecule has 0 saturated heterocycles. The van der Waals surface area contributed by atoms with Gasteiger partial charge in [0.1, 0.15) is 0 Å². The number of nitrogens with zero attached hydrogens (tertiary/aromatic N) is 1. The number of anilines is 1. The largest absolute Gasteiger partial charge is 0.311 e. The van der Waals surface area contributed by atoms with Crippen LogP contribution in [-0.2, 0) is 13.0 Å². The summed E-state index contributed by atoms with van der Waals surface area (Å²) in [5.74, 6) is -0.157. The number of amides is 1. The number of hydrogen-bond acceptors (Lipinski definition) is 4. The van der Waals surface area contributed by atoms with E-state index in [1.54, 1.807) is 24.3 Å². The lowest BCUT2D eigenvalue weighted by atomic mass is 10.2. The second-order valence-corrected chi connectivity index (χ2v) is 5.80. The van der Waals surface area contributed by atoms with Gasteiger partial charge in [-0.3, -0.25) is 10.1 Å². The first-order valence-electron chi connectivity index (χ1n) is 5.98. The molecule has 0 radical (unpaired) electrons. The molecule has 2 aromatic rings. The summed E-state index contributed by atoms with van der Waals surface area (Å²) in [5, 5.41) is 7.40. The van der Waals surface area contributed by atoms with Crippen LogP contribution >= 0.6 is 22.9 Å². The molecule has 3 rings (SSSR count). The molecule has 1 amide bonds. The smallest absolute Gasteiger partial charge is 0.257 e. The van der Waals surface area contributed by atoms with Gasteiger partial charge >= 0.3 is 0 Å². The summed E-state index contributed by atoms with van der Waals surface area (Å²) in [4.78, 5) is 17.7. The Morgan fingerprint density at radius 1 is 1.37 bits per heavy atom. The van der Waals surface area contributed by atoms with Crippen LogP contribution in [0.1, 0.15) is 20.9 Å². The Hall–Kier alpha value is -1.43. The number of carbonyl (C=O) groups excluding carboxylic acids is 1. The molecule has 0 atom stereocenters. The van der Waals surface area contributed by atoms with E-state index < -0.39 is 0 Å². The zero-order valence-electron chi connectivity index (χ0n) is 10.1. The molecular weight excluding hydrogens is 282 g/mol.